The molecule has 0 spiro atoms. The summed E-state index contributed by atoms with van der Waals surface area (Å²) in [5.74, 6) is -0.265. The van der Waals surface area contributed by atoms with Crippen molar-refractivity contribution in [3.05, 3.63) is 64.2 Å². The fraction of sp³-hybridized carbons (Fsp3) is 0.263. The third-order valence-electron chi connectivity index (χ3n) is 4.34. The quantitative estimate of drug-likeness (QED) is 0.379. The van der Waals surface area contributed by atoms with E-state index < -0.39 is 10.8 Å². The van der Waals surface area contributed by atoms with E-state index in [2.05, 4.69) is 5.32 Å². The number of rotatable bonds is 5. The van der Waals surface area contributed by atoms with E-state index in [0.717, 1.165) is 25.7 Å². The largest absolute Gasteiger partial charge is 0.426 e. The lowest BCUT2D eigenvalue weighted by Gasteiger charge is -2.10. The number of carbonyl (C=O) groups is 2. The van der Waals surface area contributed by atoms with Gasteiger partial charge in [-0.05, 0) is 43.2 Å². The molecular weight excluding hydrogens is 336 g/mol. The van der Waals surface area contributed by atoms with Crippen molar-refractivity contribution < 1.29 is 19.2 Å². The van der Waals surface area contributed by atoms with Crippen LogP contribution in [0.3, 0.4) is 0 Å². The Bertz CT molecular complexity index is 826. The first-order chi connectivity index (χ1) is 12.5. The first kappa shape index (κ1) is 17.6. The van der Waals surface area contributed by atoms with Crippen LogP contribution >= 0.6 is 0 Å². The van der Waals surface area contributed by atoms with Gasteiger partial charge in [0.2, 0.25) is 0 Å². The number of benzene rings is 2. The number of non-ortho nitro benzene ring substituents is 1. The molecule has 7 nitrogen and oxygen atoms in total. The van der Waals surface area contributed by atoms with Crippen LogP contribution in [0.15, 0.2) is 48.5 Å². The molecule has 7 heteroatoms. The lowest BCUT2D eigenvalue weighted by molar-refractivity contribution is -0.384. The summed E-state index contributed by atoms with van der Waals surface area (Å²) in [6.45, 7) is 0. The lowest BCUT2D eigenvalue weighted by Crippen LogP contribution is -2.17. The Kier molecular flexibility index (Phi) is 5.26. The van der Waals surface area contributed by atoms with Crippen LogP contribution in [-0.2, 0) is 4.79 Å². The fourth-order valence-electron chi connectivity index (χ4n) is 2.93. The highest BCUT2D eigenvalue weighted by atomic mass is 16.6. The van der Waals surface area contributed by atoms with Crippen molar-refractivity contribution >= 4 is 23.3 Å². The number of amides is 1. The first-order valence-electron chi connectivity index (χ1n) is 8.40. The van der Waals surface area contributed by atoms with Crippen molar-refractivity contribution in [2.45, 2.75) is 25.7 Å². The molecule has 0 atom stereocenters. The highest BCUT2D eigenvalue weighted by Gasteiger charge is 2.24. The van der Waals surface area contributed by atoms with Gasteiger partial charge in [-0.1, -0.05) is 18.9 Å². The van der Waals surface area contributed by atoms with E-state index in [4.69, 9.17) is 4.74 Å². The van der Waals surface area contributed by atoms with Crippen molar-refractivity contribution in [3.63, 3.8) is 0 Å². The summed E-state index contributed by atoms with van der Waals surface area (Å²) < 4.78 is 5.36. The van der Waals surface area contributed by atoms with Gasteiger partial charge in [-0.2, -0.15) is 0 Å². The van der Waals surface area contributed by atoms with Gasteiger partial charge in [0, 0.05) is 23.4 Å². The summed E-state index contributed by atoms with van der Waals surface area (Å²) in [5.41, 5.74) is 0.546. The zero-order valence-corrected chi connectivity index (χ0v) is 14.0. The second-order valence-corrected chi connectivity index (χ2v) is 6.19. The van der Waals surface area contributed by atoms with Gasteiger partial charge in [0.05, 0.1) is 10.8 Å². The van der Waals surface area contributed by atoms with Crippen molar-refractivity contribution in [1.82, 2.24) is 0 Å². The molecule has 0 bridgehead atoms. The SMILES string of the molecule is O=C(Nc1ccc(OC(=O)C2CCCC2)cc1)c1cccc([N+](=O)[O-])c1. The third kappa shape index (κ3) is 4.24. The Hall–Kier alpha value is -3.22. The maximum Gasteiger partial charge on any atom is 0.314 e. The van der Waals surface area contributed by atoms with Crippen LogP contribution in [-0.4, -0.2) is 16.8 Å². The van der Waals surface area contributed by atoms with Crippen molar-refractivity contribution in [2.24, 2.45) is 5.92 Å². The van der Waals surface area contributed by atoms with Crippen LogP contribution in [0.4, 0.5) is 11.4 Å². The lowest BCUT2D eigenvalue weighted by atomic mass is 10.1. The summed E-state index contributed by atoms with van der Waals surface area (Å²) in [7, 11) is 0. The number of nitro groups is 1. The predicted octanol–water partition coefficient (Wildman–Crippen LogP) is 3.94. The van der Waals surface area contributed by atoms with E-state index in [1.54, 1.807) is 24.3 Å². The van der Waals surface area contributed by atoms with E-state index >= 15 is 0 Å². The fourth-order valence-corrected chi connectivity index (χ4v) is 2.93. The maximum atomic E-state index is 12.2. The van der Waals surface area contributed by atoms with Crippen LogP contribution in [0, 0.1) is 16.0 Å². The van der Waals surface area contributed by atoms with Gasteiger partial charge in [-0.3, -0.25) is 19.7 Å². The van der Waals surface area contributed by atoms with Gasteiger partial charge in [-0.15, -0.1) is 0 Å². The topological polar surface area (TPSA) is 98.5 Å². The molecule has 0 radical (unpaired) electrons. The number of esters is 1. The molecule has 1 aliphatic rings. The van der Waals surface area contributed by atoms with Gasteiger partial charge in [-0.25, -0.2) is 0 Å². The monoisotopic (exact) mass is 354 g/mol. The second kappa shape index (κ2) is 7.77. The number of anilines is 1. The zero-order valence-electron chi connectivity index (χ0n) is 14.0. The predicted molar refractivity (Wildman–Crippen MR) is 95.1 cm³/mol. The standard InChI is InChI=1S/C19H18N2O5/c22-18(14-6-3-7-16(12-14)21(24)25)20-15-8-10-17(11-9-15)26-19(23)13-4-1-2-5-13/h3,6-13H,1-2,4-5H2,(H,20,22). The molecule has 0 unspecified atom stereocenters. The molecule has 0 saturated heterocycles. The minimum atomic E-state index is -0.551. The van der Waals surface area contributed by atoms with Crippen LogP contribution in [0.1, 0.15) is 36.0 Å². The minimum absolute atomic E-state index is 0.0248. The number of nitro benzene ring substituents is 1. The Morgan fingerprint density at radius 3 is 2.42 bits per heavy atom. The van der Waals surface area contributed by atoms with Gasteiger partial charge in [0.1, 0.15) is 5.75 Å². The van der Waals surface area contributed by atoms with E-state index in [0.29, 0.717) is 11.4 Å². The summed E-state index contributed by atoms with van der Waals surface area (Å²) in [6, 6.07) is 11.9. The van der Waals surface area contributed by atoms with Gasteiger partial charge in [0.25, 0.3) is 11.6 Å². The molecule has 0 heterocycles. The van der Waals surface area contributed by atoms with Crippen LogP contribution in [0.5, 0.6) is 5.75 Å². The molecule has 1 saturated carbocycles. The Balaban J connectivity index is 1.61. The van der Waals surface area contributed by atoms with Crippen LogP contribution < -0.4 is 10.1 Å². The number of hydrogen-bond acceptors (Lipinski definition) is 5. The molecule has 1 aliphatic carbocycles. The van der Waals surface area contributed by atoms with Crippen LogP contribution in [0.25, 0.3) is 0 Å². The van der Waals surface area contributed by atoms with Gasteiger partial charge in [0.15, 0.2) is 0 Å². The molecular formula is C19H18N2O5. The molecule has 134 valence electrons. The molecule has 1 fully saturated rings. The van der Waals surface area contributed by atoms with E-state index in [1.165, 1.54) is 24.3 Å². The number of nitrogens with zero attached hydrogens (tertiary/aromatic N) is 1. The molecule has 26 heavy (non-hydrogen) atoms. The molecule has 2 aromatic carbocycles. The Morgan fingerprint density at radius 1 is 1.08 bits per heavy atom. The molecule has 3 rings (SSSR count). The Labute approximate surface area is 150 Å². The van der Waals surface area contributed by atoms with Gasteiger partial charge < -0.3 is 10.1 Å². The summed E-state index contributed by atoms with van der Waals surface area (Å²) in [5, 5.41) is 13.4. The van der Waals surface area contributed by atoms with Crippen molar-refractivity contribution in [2.75, 3.05) is 5.32 Å². The minimum Gasteiger partial charge on any atom is -0.426 e. The molecule has 0 aliphatic heterocycles. The highest BCUT2D eigenvalue weighted by molar-refractivity contribution is 6.04. The van der Waals surface area contributed by atoms with Gasteiger partial charge >= 0.3 is 5.97 Å². The van der Waals surface area contributed by atoms with E-state index in [9.17, 15) is 19.7 Å². The Morgan fingerprint density at radius 2 is 1.77 bits per heavy atom. The van der Waals surface area contributed by atoms with Crippen LogP contribution in [0.2, 0.25) is 0 Å². The summed E-state index contributed by atoms with van der Waals surface area (Å²) in [4.78, 5) is 34.4. The van der Waals surface area contributed by atoms with E-state index in [-0.39, 0.29) is 23.1 Å². The maximum absolute atomic E-state index is 12.2. The van der Waals surface area contributed by atoms with Crippen molar-refractivity contribution in [3.8, 4) is 5.75 Å². The van der Waals surface area contributed by atoms with E-state index in [1.807, 2.05) is 0 Å². The van der Waals surface area contributed by atoms with Crippen molar-refractivity contribution in [1.29, 1.82) is 0 Å². The second-order valence-electron chi connectivity index (χ2n) is 6.19. The molecule has 1 N–H and O–H groups in total. The summed E-state index contributed by atoms with van der Waals surface area (Å²) >= 11 is 0. The zero-order chi connectivity index (χ0) is 18.5. The average Bonchev–Trinajstić information content (AvgIpc) is 3.18. The highest BCUT2D eigenvalue weighted by Crippen LogP contribution is 2.27. The number of ether oxygens (including phenoxy) is 1. The normalized spacial score (nSPS) is 14.0. The number of nitrogens with one attached hydrogen (secondary N) is 1. The third-order valence-corrected chi connectivity index (χ3v) is 4.34. The first-order valence-corrected chi connectivity index (χ1v) is 8.40. The smallest absolute Gasteiger partial charge is 0.314 e. The number of carbonyl (C=O) groups excluding carboxylic acids is 2. The summed E-state index contributed by atoms with van der Waals surface area (Å²) in [6.07, 6.45) is 3.86. The molecule has 0 aromatic heterocycles. The average molecular weight is 354 g/mol. The molecule has 1 amide bonds. The molecule has 2 aromatic rings. The number of hydrogen-bond donors (Lipinski definition) is 1.